The van der Waals surface area contributed by atoms with Gasteiger partial charge in [-0.15, -0.1) is 0 Å². The van der Waals surface area contributed by atoms with Crippen LogP contribution in [0.1, 0.15) is 22.3 Å². The van der Waals surface area contributed by atoms with E-state index in [1.807, 2.05) is 0 Å². The lowest BCUT2D eigenvalue weighted by molar-refractivity contribution is -0.384. The number of carbonyl (C=O) groups excluding carboxylic acids is 1. The molecule has 8 heteroatoms. The van der Waals surface area contributed by atoms with Crippen molar-refractivity contribution in [3.63, 3.8) is 0 Å². The van der Waals surface area contributed by atoms with Gasteiger partial charge in [0.1, 0.15) is 11.4 Å². The molecule has 8 nitrogen and oxygen atoms in total. The Balaban J connectivity index is 1.88. The molecular weight excluding hydrogens is 312 g/mol. The van der Waals surface area contributed by atoms with Crippen molar-refractivity contribution < 1.29 is 14.8 Å². The maximum Gasteiger partial charge on any atom is 0.293 e. The van der Waals surface area contributed by atoms with E-state index >= 15 is 0 Å². The van der Waals surface area contributed by atoms with Crippen molar-refractivity contribution in [1.29, 1.82) is 0 Å². The summed E-state index contributed by atoms with van der Waals surface area (Å²) >= 11 is 0. The molecule has 0 radical (unpaired) electrons. The second kappa shape index (κ2) is 6.37. The molecule has 0 atom stereocenters. The zero-order valence-corrected chi connectivity index (χ0v) is 12.5. The normalized spacial score (nSPS) is 14.6. The van der Waals surface area contributed by atoms with Crippen LogP contribution in [0.2, 0.25) is 0 Å². The van der Waals surface area contributed by atoms with Gasteiger partial charge in [0.25, 0.3) is 11.6 Å². The fraction of sp³-hybridized carbons (Fsp3) is 0.125. The average Bonchev–Trinajstić information content (AvgIpc) is 2.59. The number of phenolic OH excluding ortho intramolecular Hbond substituents is 1. The number of rotatable bonds is 3. The molecule has 0 aromatic heterocycles. The van der Waals surface area contributed by atoms with E-state index in [0.717, 1.165) is 0 Å². The summed E-state index contributed by atoms with van der Waals surface area (Å²) in [4.78, 5) is 22.7. The van der Waals surface area contributed by atoms with Crippen molar-refractivity contribution in [3.8, 4) is 5.75 Å². The summed E-state index contributed by atoms with van der Waals surface area (Å²) in [6.07, 6.45) is 0.509. The molecule has 0 aliphatic carbocycles. The molecule has 2 aromatic carbocycles. The minimum absolute atomic E-state index is 0.0352. The topological polar surface area (TPSA) is 117 Å². The van der Waals surface area contributed by atoms with Crippen molar-refractivity contribution in [2.45, 2.75) is 6.42 Å². The van der Waals surface area contributed by atoms with Crippen molar-refractivity contribution in [2.24, 2.45) is 5.10 Å². The molecule has 1 aliphatic heterocycles. The third kappa shape index (κ3) is 2.89. The maximum absolute atomic E-state index is 12.1. The largest absolute Gasteiger partial charge is 0.507 e. The van der Waals surface area contributed by atoms with Gasteiger partial charge in [-0.25, -0.2) is 5.43 Å². The van der Waals surface area contributed by atoms with E-state index in [4.69, 9.17) is 0 Å². The molecule has 3 rings (SSSR count). The third-order valence-electron chi connectivity index (χ3n) is 3.65. The molecule has 1 heterocycles. The van der Waals surface area contributed by atoms with E-state index in [1.54, 1.807) is 24.3 Å². The van der Waals surface area contributed by atoms with Crippen LogP contribution < -0.4 is 10.7 Å². The molecule has 0 bridgehead atoms. The van der Waals surface area contributed by atoms with Gasteiger partial charge in [0, 0.05) is 24.6 Å². The Hall–Kier alpha value is -3.42. The van der Waals surface area contributed by atoms with E-state index in [1.165, 1.54) is 18.2 Å². The molecule has 0 spiro atoms. The Morgan fingerprint density at radius 1 is 1.25 bits per heavy atom. The highest BCUT2D eigenvalue weighted by Gasteiger charge is 2.24. The summed E-state index contributed by atoms with van der Waals surface area (Å²) in [6, 6.07) is 10.8. The Bertz CT molecular complexity index is 848. The first-order valence-electron chi connectivity index (χ1n) is 7.24. The van der Waals surface area contributed by atoms with E-state index in [2.05, 4.69) is 15.8 Å². The van der Waals surface area contributed by atoms with Gasteiger partial charge in [0.05, 0.1) is 16.2 Å². The van der Waals surface area contributed by atoms with Gasteiger partial charge in [-0.3, -0.25) is 14.9 Å². The van der Waals surface area contributed by atoms with Crippen LogP contribution in [0, 0.1) is 10.1 Å². The number of para-hydroxylation sites is 2. The minimum Gasteiger partial charge on any atom is -0.507 e. The molecule has 1 amide bonds. The molecule has 0 fully saturated rings. The highest BCUT2D eigenvalue weighted by Crippen LogP contribution is 2.31. The number of hydrogen-bond acceptors (Lipinski definition) is 6. The number of phenols is 1. The fourth-order valence-corrected chi connectivity index (χ4v) is 2.52. The van der Waals surface area contributed by atoms with Crippen LogP contribution in [0.25, 0.3) is 0 Å². The minimum atomic E-state index is -0.550. The van der Waals surface area contributed by atoms with Crippen molar-refractivity contribution in [2.75, 3.05) is 11.9 Å². The predicted molar refractivity (Wildman–Crippen MR) is 88.3 cm³/mol. The molecule has 3 N–H and O–H groups in total. The molecule has 24 heavy (non-hydrogen) atoms. The Morgan fingerprint density at radius 3 is 2.79 bits per heavy atom. The number of nitrogens with one attached hydrogen (secondary N) is 2. The number of amides is 1. The van der Waals surface area contributed by atoms with Crippen LogP contribution in [0.3, 0.4) is 0 Å². The van der Waals surface area contributed by atoms with E-state index in [9.17, 15) is 20.0 Å². The van der Waals surface area contributed by atoms with Crippen molar-refractivity contribution >= 4 is 23.0 Å². The first-order valence-corrected chi connectivity index (χ1v) is 7.24. The maximum atomic E-state index is 12.1. The molecule has 0 saturated carbocycles. The van der Waals surface area contributed by atoms with Crippen molar-refractivity contribution in [1.82, 2.24) is 5.43 Å². The Morgan fingerprint density at radius 2 is 2.04 bits per heavy atom. The predicted octanol–water partition coefficient (Wildman–Crippen LogP) is 2.25. The third-order valence-corrected chi connectivity index (χ3v) is 3.65. The smallest absolute Gasteiger partial charge is 0.293 e. The summed E-state index contributed by atoms with van der Waals surface area (Å²) < 4.78 is 0. The standard InChI is InChI=1S/C16H14N4O4/c21-14-7-2-1-4-11(14)16(22)19-18-12-8-9-17-15-10(12)5-3-6-13(15)20(23)24/h1-7,17,21H,8-9H2,(H,19,22)/b18-12+. The quantitative estimate of drug-likeness (QED) is 0.591. The van der Waals surface area contributed by atoms with Gasteiger partial charge < -0.3 is 10.4 Å². The number of nitro groups is 1. The zero-order valence-electron chi connectivity index (χ0n) is 12.5. The first-order chi connectivity index (χ1) is 11.6. The summed E-state index contributed by atoms with van der Waals surface area (Å²) in [5.41, 5.74) is 3.97. The molecule has 0 saturated heterocycles. The second-order valence-electron chi connectivity index (χ2n) is 5.15. The highest BCUT2D eigenvalue weighted by molar-refractivity contribution is 6.09. The number of aromatic hydroxyl groups is 1. The number of nitrogens with zero attached hydrogens (tertiary/aromatic N) is 2. The summed E-state index contributed by atoms with van der Waals surface area (Å²) in [5.74, 6) is -0.692. The number of carbonyl (C=O) groups is 1. The first kappa shape index (κ1) is 15.5. The fourth-order valence-electron chi connectivity index (χ4n) is 2.52. The number of anilines is 1. The number of fused-ring (bicyclic) bond motifs is 1. The molecule has 0 unspecified atom stereocenters. The molecule has 1 aliphatic rings. The molecular formula is C16H14N4O4. The Kier molecular flexibility index (Phi) is 4.11. The highest BCUT2D eigenvalue weighted by atomic mass is 16.6. The van der Waals surface area contributed by atoms with E-state index in [-0.39, 0.29) is 17.0 Å². The van der Waals surface area contributed by atoms with Crippen molar-refractivity contribution in [3.05, 3.63) is 63.7 Å². The zero-order chi connectivity index (χ0) is 17.1. The Labute approximate surface area is 137 Å². The van der Waals surface area contributed by atoms with Crippen LogP contribution in [0.15, 0.2) is 47.6 Å². The van der Waals surface area contributed by atoms with Gasteiger partial charge in [-0.1, -0.05) is 24.3 Å². The van der Waals surface area contributed by atoms with Gasteiger partial charge in [0.15, 0.2) is 0 Å². The summed E-state index contributed by atoms with van der Waals surface area (Å²) in [5, 5.41) is 27.9. The lowest BCUT2D eigenvalue weighted by atomic mass is 10.0. The van der Waals surface area contributed by atoms with Gasteiger partial charge in [0.2, 0.25) is 0 Å². The lowest BCUT2D eigenvalue weighted by Crippen LogP contribution is -2.25. The van der Waals surface area contributed by atoms with E-state index < -0.39 is 10.8 Å². The van der Waals surface area contributed by atoms with Crippen LogP contribution in [0.4, 0.5) is 11.4 Å². The van der Waals surface area contributed by atoms with Gasteiger partial charge >= 0.3 is 0 Å². The van der Waals surface area contributed by atoms with Crippen LogP contribution in [-0.2, 0) is 0 Å². The van der Waals surface area contributed by atoms with Crippen LogP contribution in [0.5, 0.6) is 5.75 Å². The second-order valence-corrected chi connectivity index (χ2v) is 5.15. The summed E-state index contributed by atoms with van der Waals surface area (Å²) in [6.45, 7) is 0.475. The monoisotopic (exact) mass is 326 g/mol. The van der Waals surface area contributed by atoms with Crippen LogP contribution >= 0.6 is 0 Å². The van der Waals surface area contributed by atoms with Gasteiger partial charge in [-0.2, -0.15) is 5.10 Å². The number of nitro benzene ring substituents is 1. The SMILES string of the molecule is O=C(N/N=C1\CCNc2c1cccc2[N+](=O)[O-])c1ccccc1O. The lowest BCUT2D eigenvalue weighted by Gasteiger charge is -2.19. The van der Waals surface area contributed by atoms with Crippen LogP contribution in [-0.4, -0.2) is 28.2 Å². The number of hydrazone groups is 1. The number of benzene rings is 2. The average molecular weight is 326 g/mol. The number of hydrogen-bond donors (Lipinski definition) is 3. The van der Waals surface area contributed by atoms with E-state index in [0.29, 0.717) is 29.9 Å². The molecule has 122 valence electrons. The molecule has 2 aromatic rings. The summed E-state index contributed by atoms with van der Waals surface area (Å²) in [7, 11) is 0. The van der Waals surface area contributed by atoms with Gasteiger partial charge in [-0.05, 0) is 12.1 Å².